The fourth-order valence-electron chi connectivity index (χ4n) is 1.77. The molecule has 2 rings (SSSR count). The van der Waals surface area contributed by atoms with Crippen LogP contribution in [0.4, 0.5) is 0 Å². The van der Waals surface area contributed by atoms with Crippen LogP contribution in [-0.2, 0) is 14.3 Å². The number of rotatable bonds is 6. The van der Waals surface area contributed by atoms with Crippen molar-refractivity contribution in [3.63, 3.8) is 0 Å². The fraction of sp³-hybridized carbons (Fsp3) is 0.500. The van der Waals surface area contributed by atoms with Crippen LogP contribution in [-0.4, -0.2) is 51.2 Å². The Balaban J connectivity index is 1.68. The SMILES string of the molecule is COc1cccc(SCC(=O)NC[C@@H]2COCCO2)c1. The molecule has 0 radical (unpaired) electrons. The molecular weight excluding hydrogens is 278 g/mol. The molecule has 1 aliphatic rings. The molecule has 110 valence electrons. The molecule has 0 aliphatic carbocycles. The van der Waals surface area contributed by atoms with Crippen LogP contribution in [0.5, 0.6) is 5.75 Å². The number of hydrogen-bond donors (Lipinski definition) is 1. The van der Waals surface area contributed by atoms with Crippen molar-refractivity contribution >= 4 is 17.7 Å². The number of hydrogen-bond acceptors (Lipinski definition) is 5. The van der Waals surface area contributed by atoms with E-state index in [-0.39, 0.29) is 12.0 Å². The van der Waals surface area contributed by atoms with E-state index >= 15 is 0 Å². The Labute approximate surface area is 123 Å². The predicted octanol–water partition coefficient (Wildman–Crippen LogP) is 1.32. The van der Waals surface area contributed by atoms with Crippen molar-refractivity contribution in [1.82, 2.24) is 5.32 Å². The maximum absolute atomic E-state index is 11.8. The number of thioether (sulfide) groups is 1. The molecule has 1 aliphatic heterocycles. The zero-order valence-corrected chi connectivity index (χ0v) is 12.3. The van der Waals surface area contributed by atoms with Gasteiger partial charge in [0.1, 0.15) is 5.75 Å². The summed E-state index contributed by atoms with van der Waals surface area (Å²) >= 11 is 1.48. The van der Waals surface area contributed by atoms with Gasteiger partial charge in [-0.25, -0.2) is 0 Å². The molecule has 1 amide bonds. The van der Waals surface area contributed by atoms with E-state index in [9.17, 15) is 4.79 Å². The van der Waals surface area contributed by atoms with Crippen molar-refractivity contribution in [2.75, 3.05) is 39.2 Å². The van der Waals surface area contributed by atoms with Crippen LogP contribution in [0, 0.1) is 0 Å². The molecule has 0 saturated carbocycles. The van der Waals surface area contributed by atoms with Gasteiger partial charge in [-0.2, -0.15) is 0 Å². The van der Waals surface area contributed by atoms with Crippen LogP contribution in [0.25, 0.3) is 0 Å². The number of methoxy groups -OCH3 is 1. The summed E-state index contributed by atoms with van der Waals surface area (Å²) in [5.41, 5.74) is 0. The first kappa shape index (κ1) is 15.2. The Morgan fingerprint density at radius 1 is 1.50 bits per heavy atom. The second kappa shape index (κ2) is 8.14. The summed E-state index contributed by atoms with van der Waals surface area (Å²) in [5, 5.41) is 2.86. The van der Waals surface area contributed by atoms with Crippen molar-refractivity contribution in [3.8, 4) is 5.75 Å². The second-order valence-electron chi connectivity index (χ2n) is 4.34. The summed E-state index contributed by atoms with van der Waals surface area (Å²) in [6.45, 7) is 2.27. The highest BCUT2D eigenvalue weighted by molar-refractivity contribution is 8.00. The van der Waals surface area contributed by atoms with Gasteiger partial charge < -0.3 is 19.5 Å². The summed E-state index contributed by atoms with van der Waals surface area (Å²) in [4.78, 5) is 12.8. The number of nitrogens with one attached hydrogen (secondary N) is 1. The Hall–Kier alpha value is -1.24. The molecule has 0 unspecified atom stereocenters. The molecule has 1 fully saturated rings. The van der Waals surface area contributed by atoms with Crippen LogP contribution < -0.4 is 10.1 Å². The monoisotopic (exact) mass is 297 g/mol. The first-order valence-electron chi connectivity index (χ1n) is 6.51. The standard InChI is InChI=1S/C14H19NO4S/c1-17-11-3-2-4-13(7-11)20-10-14(16)15-8-12-9-18-5-6-19-12/h2-4,7,12H,5-6,8-10H2,1H3,(H,15,16)/t12-/m1/s1. The first-order valence-corrected chi connectivity index (χ1v) is 7.49. The van der Waals surface area contributed by atoms with Gasteiger partial charge in [0.05, 0.1) is 38.8 Å². The van der Waals surface area contributed by atoms with Crippen molar-refractivity contribution < 1.29 is 19.0 Å². The maximum atomic E-state index is 11.8. The summed E-state index contributed by atoms with van der Waals surface area (Å²) in [6, 6.07) is 7.66. The molecule has 6 heteroatoms. The molecule has 1 aromatic carbocycles. The molecule has 1 heterocycles. The zero-order valence-electron chi connectivity index (χ0n) is 11.5. The normalized spacial score (nSPS) is 18.6. The molecule has 1 N–H and O–H groups in total. The largest absolute Gasteiger partial charge is 0.497 e. The van der Waals surface area contributed by atoms with Crippen LogP contribution in [0.2, 0.25) is 0 Å². The molecule has 20 heavy (non-hydrogen) atoms. The fourth-order valence-corrected chi connectivity index (χ4v) is 2.55. The molecule has 1 saturated heterocycles. The lowest BCUT2D eigenvalue weighted by Gasteiger charge is -2.23. The number of ether oxygens (including phenoxy) is 3. The van der Waals surface area contributed by atoms with Gasteiger partial charge in [-0.3, -0.25) is 4.79 Å². The van der Waals surface area contributed by atoms with Gasteiger partial charge in [0.15, 0.2) is 0 Å². The number of benzene rings is 1. The number of carbonyl (C=O) groups excluding carboxylic acids is 1. The van der Waals surface area contributed by atoms with Gasteiger partial charge in [0, 0.05) is 11.4 Å². The van der Waals surface area contributed by atoms with E-state index in [0.29, 0.717) is 32.1 Å². The van der Waals surface area contributed by atoms with Crippen molar-refractivity contribution in [2.45, 2.75) is 11.0 Å². The second-order valence-corrected chi connectivity index (χ2v) is 5.39. The van der Waals surface area contributed by atoms with Gasteiger partial charge >= 0.3 is 0 Å². The minimum atomic E-state index is -0.0329. The maximum Gasteiger partial charge on any atom is 0.230 e. The van der Waals surface area contributed by atoms with E-state index < -0.39 is 0 Å². The van der Waals surface area contributed by atoms with Gasteiger partial charge in [0.2, 0.25) is 5.91 Å². The Morgan fingerprint density at radius 2 is 2.40 bits per heavy atom. The smallest absolute Gasteiger partial charge is 0.230 e. The number of amides is 1. The minimum Gasteiger partial charge on any atom is -0.497 e. The molecule has 1 atom stereocenters. The molecule has 5 nitrogen and oxygen atoms in total. The summed E-state index contributed by atoms with van der Waals surface area (Å²) in [5.74, 6) is 1.16. The van der Waals surface area contributed by atoms with E-state index in [0.717, 1.165) is 10.6 Å². The van der Waals surface area contributed by atoms with Gasteiger partial charge in [0.25, 0.3) is 0 Å². The Bertz CT molecular complexity index is 435. The Kier molecular flexibility index (Phi) is 6.17. The van der Waals surface area contributed by atoms with Gasteiger partial charge in [-0.15, -0.1) is 11.8 Å². The number of carbonyl (C=O) groups is 1. The summed E-state index contributed by atoms with van der Waals surface area (Å²) in [7, 11) is 1.63. The minimum absolute atomic E-state index is 0.00741. The highest BCUT2D eigenvalue weighted by Crippen LogP contribution is 2.22. The van der Waals surface area contributed by atoms with Crippen molar-refractivity contribution in [3.05, 3.63) is 24.3 Å². The van der Waals surface area contributed by atoms with Crippen molar-refractivity contribution in [2.24, 2.45) is 0 Å². The van der Waals surface area contributed by atoms with Crippen LogP contribution in [0.15, 0.2) is 29.2 Å². The van der Waals surface area contributed by atoms with E-state index in [1.54, 1.807) is 7.11 Å². The van der Waals surface area contributed by atoms with Crippen LogP contribution >= 0.6 is 11.8 Å². The quantitative estimate of drug-likeness (QED) is 0.803. The van der Waals surface area contributed by atoms with Crippen molar-refractivity contribution in [1.29, 1.82) is 0 Å². The topological polar surface area (TPSA) is 56.8 Å². The third-order valence-electron chi connectivity index (χ3n) is 2.82. The lowest BCUT2D eigenvalue weighted by Crippen LogP contribution is -2.40. The first-order chi connectivity index (χ1) is 9.78. The van der Waals surface area contributed by atoms with E-state index in [1.807, 2.05) is 24.3 Å². The molecule has 1 aromatic rings. The van der Waals surface area contributed by atoms with Crippen LogP contribution in [0.1, 0.15) is 0 Å². The molecule has 0 bridgehead atoms. The van der Waals surface area contributed by atoms with E-state index in [4.69, 9.17) is 14.2 Å². The highest BCUT2D eigenvalue weighted by atomic mass is 32.2. The van der Waals surface area contributed by atoms with Crippen LogP contribution in [0.3, 0.4) is 0 Å². The summed E-state index contributed by atoms with van der Waals surface area (Å²) < 4.78 is 15.9. The lowest BCUT2D eigenvalue weighted by molar-refractivity contribution is -0.121. The van der Waals surface area contributed by atoms with Gasteiger partial charge in [-0.1, -0.05) is 6.07 Å². The Morgan fingerprint density at radius 3 is 3.15 bits per heavy atom. The zero-order chi connectivity index (χ0) is 14.2. The average Bonchev–Trinajstić information content (AvgIpc) is 2.52. The third kappa shape index (κ3) is 5.03. The lowest BCUT2D eigenvalue weighted by atomic mass is 10.3. The van der Waals surface area contributed by atoms with E-state index in [1.165, 1.54) is 11.8 Å². The average molecular weight is 297 g/mol. The third-order valence-corrected chi connectivity index (χ3v) is 3.82. The molecule has 0 spiro atoms. The molecular formula is C14H19NO4S. The summed E-state index contributed by atoms with van der Waals surface area (Å²) in [6.07, 6.45) is -0.0329. The van der Waals surface area contributed by atoms with Gasteiger partial charge in [-0.05, 0) is 18.2 Å². The highest BCUT2D eigenvalue weighted by Gasteiger charge is 2.15. The molecule has 0 aromatic heterocycles. The predicted molar refractivity (Wildman–Crippen MR) is 77.3 cm³/mol. The van der Waals surface area contributed by atoms with E-state index in [2.05, 4.69) is 5.32 Å².